The van der Waals surface area contributed by atoms with Crippen LogP contribution in [-0.2, 0) is 0 Å². The molecule has 1 heterocycles. The van der Waals surface area contributed by atoms with Gasteiger partial charge in [0.15, 0.2) is 11.6 Å². The van der Waals surface area contributed by atoms with Gasteiger partial charge in [0.25, 0.3) is 5.91 Å². The largest absolute Gasteiger partial charge is 0.383 e. The van der Waals surface area contributed by atoms with E-state index in [1.807, 2.05) is 0 Å². The number of hydrogen-bond donors (Lipinski definition) is 2. The first-order valence-corrected chi connectivity index (χ1v) is 6.84. The molecule has 0 bridgehead atoms. The molecule has 8 heteroatoms. The molecule has 0 aliphatic rings. The Morgan fingerprint density at radius 2 is 1.75 bits per heavy atom. The summed E-state index contributed by atoms with van der Waals surface area (Å²) < 4.78 is 28.0. The lowest BCUT2D eigenvalue weighted by Gasteiger charge is -2.09. The van der Waals surface area contributed by atoms with E-state index in [0.717, 1.165) is 12.1 Å². The van der Waals surface area contributed by atoms with Gasteiger partial charge in [0.2, 0.25) is 0 Å². The maximum atomic E-state index is 13.6. The molecule has 2 aromatic rings. The van der Waals surface area contributed by atoms with Crippen molar-refractivity contribution < 1.29 is 13.6 Å². The van der Waals surface area contributed by atoms with E-state index >= 15 is 0 Å². The number of hydrogen-bond acceptors (Lipinski definition) is 3. The normalized spacial score (nSPS) is 10.4. The van der Waals surface area contributed by atoms with Crippen LogP contribution in [0.15, 0.2) is 33.3 Å². The number of halogens is 4. The topological polar surface area (TPSA) is 68.0 Å². The summed E-state index contributed by atoms with van der Waals surface area (Å²) in [4.78, 5) is 15.8. The lowest BCUT2D eigenvalue weighted by molar-refractivity contribution is 0.102. The second-order valence-electron chi connectivity index (χ2n) is 3.78. The third kappa shape index (κ3) is 3.13. The molecule has 1 amide bonds. The van der Waals surface area contributed by atoms with Gasteiger partial charge in [0.05, 0.1) is 5.56 Å². The number of carbonyl (C=O) groups excluding carboxylic acids is 1. The molecule has 0 aliphatic heterocycles. The number of aromatic nitrogens is 1. The van der Waals surface area contributed by atoms with Crippen LogP contribution in [-0.4, -0.2) is 10.9 Å². The lowest BCUT2D eigenvalue weighted by atomic mass is 10.2. The fourth-order valence-electron chi connectivity index (χ4n) is 1.47. The van der Waals surface area contributed by atoms with Crippen LogP contribution >= 0.6 is 31.9 Å². The number of nitrogen functional groups attached to an aromatic ring is 1. The maximum Gasteiger partial charge on any atom is 0.259 e. The van der Waals surface area contributed by atoms with Crippen molar-refractivity contribution >= 4 is 49.3 Å². The van der Waals surface area contributed by atoms with E-state index in [4.69, 9.17) is 5.73 Å². The minimum atomic E-state index is -0.897. The minimum Gasteiger partial charge on any atom is -0.383 e. The highest BCUT2D eigenvalue weighted by atomic mass is 79.9. The maximum absolute atomic E-state index is 13.6. The monoisotopic (exact) mass is 405 g/mol. The zero-order valence-corrected chi connectivity index (χ0v) is 12.9. The number of carbonyl (C=O) groups is 1. The molecule has 0 radical (unpaired) electrons. The van der Waals surface area contributed by atoms with E-state index in [-0.39, 0.29) is 15.9 Å². The number of pyridine rings is 1. The molecule has 0 fully saturated rings. The van der Waals surface area contributed by atoms with Gasteiger partial charge in [-0.25, -0.2) is 13.8 Å². The summed E-state index contributed by atoms with van der Waals surface area (Å²) in [6, 6.07) is 3.49. The van der Waals surface area contributed by atoms with Crippen LogP contribution in [0.3, 0.4) is 0 Å². The Balaban J connectivity index is 2.35. The van der Waals surface area contributed by atoms with Crippen LogP contribution in [0, 0.1) is 11.6 Å². The summed E-state index contributed by atoms with van der Waals surface area (Å²) in [5, 5.41) is 2.14. The van der Waals surface area contributed by atoms with Gasteiger partial charge >= 0.3 is 0 Å². The van der Waals surface area contributed by atoms with Crippen LogP contribution in [0.2, 0.25) is 0 Å². The van der Waals surface area contributed by atoms with Crippen molar-refractivity contribution in [3.05, 3.63) is 50.5 Å². The van der Waals surface area contributed by atoms with Crippen molar-refractivity contribution in [2.24, 2.45) is 0 Å². The number of anilines is 2. The van der Waals surface area contributed by atoms with Crippen LogP contribution in [0.25, 0.3) is 0 Å². The molecule has 1 aromatic carbocycles. The van der Waals surface area contributed by atoms with Crippen LogP contribution in [0.5, 0.6) is 0 Å². The Labute approximate surface area is 129 Å². The molecular weight excluding hydrogens is 400 g/mol. The highest BCUT2D eigenvalue weighted by Gasteiger charge is 2.17. The number of nitrogens with one attached hydrogen (secondary N) is 1. The first kappa shape index (κ1) is 14.9. The van der Waals surface area contributed by atoms with Gasteiger partial charge in [0.1, 0.15) is 11.5 Å². The number of nitrogens with two attached hydrogens (primary N) is 1. The Bertz CT molecular complexity index is 671. The predicted octanol–water partition coefficient (Wildman–Crippen LogP) is 3.72. The number of amides is 1. The van der Waals surface area contributed by atoms with Gasteiger partial charge in [-0.3, -0.25) is 4.79 Å². The zero-order chi connectivity index (χ0) is 14.9. The van der Waals surface area contributed by atoms with Gasteiger partial charge in [-0.2, -0.15) is 0 Å². The molecule has 0 atom stereocenters. The average molecular weight is 407 g/mol. The van der Waals surface area contributed by atoms with Gasteiger partial charge in [-0.1, -0.05) is 15.9 Å². The first-order chi connectivity index (χ1) is 9.38. The quantitative estimate of drug-likeness (QED) is 0.798. The Kier molecular flexibility index (Phi) is 4.34. The SMILES string of the molecule is Nc1ncc(Br)cc1C(=O)Nc1c(F)cc(Br)cc1F. The van der Waals surface area contributed by atoms with Crippen molar-refractivity contribution in [1.29, 1.82) is 0 Å². The standard InChI is InChI=1S/C12H7Br2F2N3O/c13-5-2-8(15)10(9(16)3-5)19-12(20)7-1-6(14)4-18-11(7)17/h1-4H,(H2,17,18)(H,19,20). The zero-order valence-electron chi connectivity index (χ0n) is 9.75. The van der Waals surface area contributed by atoms with Crippen molar-refractivity contribution in [2.45, 2.75) is 0 Å². The van der Waals surface area contributed by atoms with Crippen LogP contribution in [0.1, 0.15) is 10.4 Å². The van der Waals surface area contributed by atoms with Crippen LogP contribution in [0.4, 0.5) is 20.3 Å². The first-order valence-electron chi connectivity index (χ1n) is 5.25. The second kappa shape index (κ2) is 5.84. The van der Waals surface area contributed by atoms with Crippen LogP contribution < -0.4 is 11.1 Å². The Morgan fingerprint density at radius 1 is 1.15 bits per heavy atom. The summed E-state index contributed by atoms with van der Waals surface area (Å²) in [6.45, 7) is 0. The van der Waals surface area contributed by atoms with E-state index in [1.54, 1.807) is 0 Å². The van der Waals surface area contributed by atoms with E-state index in [9.17, 15) is 13.6 Å². The summed E-state index contributed by atoms with van der Waals surface area (Å²) in [7, 11) is 0. The average Bonchev–Trinajstić information content (AvgIpc) is 2.36. The molecule has 0 saturated carbocycles. The van der Waals surface area contributed by atoms with Gasteiger partial charge in [-0.05, 0) is 34.1 Å². The fraction of sp³-hybridized carbons (Fsp3) is 0. The Hall–Kier alpha value is -1.54. The third-order valence-electron chi connectivity index (χ3n) is 2.38. The molecule has 0 spiro atoms. The number of nitrogens with zero attached hydrogens (tertiary/aromatic N) is 1. The van der Waals surface area contributed by atoms with Crippen molar-refractivity contribution in [3.63, 3.8) is 0 Å². The summed E-state index contributed by atoms with van der Waals surface area (Å²) >= 11 is 6.09. The molecule has 104 valence electrons. The van der Waals surface area contributed by atoms with Crippen molar-refractivity contribution in [2.75, 3.05) is 11.1 Å². The number of benzene rings is 1. The number of rotatable bonds is 2. The van der Waals surface area contributed by atoms with E-state index in [2.05, 4.69) is 42.2 Å². The van der Waals surface area contributed by atoms with Gasteiger partial charge in [0, 0.05) is 15.1 Å². The predicted molar refractivity (Wildman–Crippen MR) is 78.4 cm³/mol. The van der Waals surface area contributed by atoms with Crippen molar-refractivity contribution in [1.82, 2.24) is 4.98 Å². The smallest absolute Gasteiger partial charge is 0.259 e. The molecule has 4 nitrogen and oxygen atoms in total. The highest BCUT2D eigenvalue weighted by Crippen LogP contribution is 2.25. The molecular formula is C12H7Br2F2N3O. The summed E-state index contributed by atoms with van der Waals surface area (Å²) in [6.07, 6.45) is 1.41. The lowest BCUT2D eigenvalue weighted by Crippen LogP contribution is -2.16. The second-order valence-corrected chi connectivity index (χ2v) is 5.62. The molecule has 2 rings (SSSR count). The highest BCUT2D eigenvalue weighted by molar-refractivity contribution is 9.10. The van der Waals surface area contributed by atoms with E-state index in [0.29, 0.717) is 4.47 Å². The van der Waals surface area contributed by atoms with Crippen molar-refractivity contribution in [3.8, 4) is 0 Å². The third-order valence-corrected chi connectivity index (χ3v) is 3.27. The summed E-state index contributed by atoms with van der Waals surface area (Å²) in [5.74, 6) is -2.58. The van der Waals surface area contributed by atoms with E-state index < -0.39 is 23.2 Å². The minimum absolute atomic E-state index is 0.0149. The molecule has 20 heavy (non-hydrogen) atoms. The fourth-order valence-corrected chi connectivity index (χ4v) is 2.21. The van der Waals surface area contributed by atoms with E-state index in [1.165, 1.54) is 12.3 Å². The molecule has 0 saturated heterocycles. The molecule has 1 aromatic heterocycles. The molecule has 3 N–H and O–H groups in total. The van der Waals surface area contributed by atoms with Gasteiger partial charge < -0.3 is 11.1 Å². The van der Waals surface area contributed by atoms with Gasteiger partial charge in [-0.15, -0.1) is 0 Å². The Morgan fingerprint density at radius 3 is 2.35 bits per heavy atom. The molecule has 0 unspecified atom stereocenters. The summed E-state index contributed by atoms with van der Waals surface area (Å²) in [5.41, 5.74) is 5.03. The molecule has 0 aliphatic carbocycles.